The Kier molecular flexibility index (Phi) is 10.3. The SMILES string of the molecule is NCCCCC(NC(=O)C(CCC(=O)O)NC(=O)CN)C(=O)O. The average Bonchev–Trinajstić information content (AvgIpc) is 2.49. The van der Waals surface area contributed by atoms with Gasteiger partial charge in [-0.3, -0.25) is 14.4 Å². The summed E-state index contributed by atoms with van der Waals surface area (Å²) < 4.78 is 0. The van der Waals surface area contributed by atoms with Gasteiger partial charge in [-0.05, 0) is 32.2 Å². The lowest BCUT2D eigenvalue weighted by molar-refractivity contribution is -0.143. The molecule has 0 heterocycles. The molecule has 10 heteroatoms. The van der Waals surface area contributed by atoms with E-state index in [4.69, 9.17) is 21.7 Å². The van der Waals surface area contributed by atoms with Crippen LogP contribution in [-0.4, -0.2) is 59.1 Å². The van der Waals surface area contributed by atoms with Gasteiger partial charge in [0.25, 0.3) is 0 Å². The third kappa shape index (κ3) is 9.42. The van der Waals surface area contributed by atoms with E-state index >= 15 is 0 Å². The molecular weight excluding hydrogens is 308 g/mol. The van der Waals surface area contributed by atoms with Crippen molar-refractivity contribution in [3.05, 3.63) is 0 Å². The number of hydrogen-bond donors (Lipinski definition) is 6. The molecule has 2 atom stereocenters. The minimum atomic E-state index is -1.21. The monoisotopic (exact) mass is 332 g/mol. The molecule has 8 N–H and O–H groups in total. The maximum absolute atomic E-state index is 12.1. The van der Waals surface area contributed by atoms with Gasteiger partial charge in [0, 0.05) is 6.42 Å². The number of nitrogens with one attached hydrogen (secondary N) is 2. The molecule has 0 fully saturated rings. The van der Waals surface area contributed by atoms with E-state index in [2.05, 4.69) is 10.6 Å². The lowest BCUT2D eigenvalue weighted by atomic mass is 10.1. The van der Waals surface area contributed by atoms with Crippen molar-refractivity contribution < 1.29 is 29.4 Å². The summed E-state index contributed by atoms with van der Waals surface area (Å²) in [5, 5.41) is 22.4. The number of hydrogen-bond acceptors (Lipinski definition) is 6. The van der Waals surface area contributed by atoms with Crippen molar-refractivity contribution in [2.24, 2.45) is 11.5 Å². The highest BCUT2D eigenvalue weighted by Gasteiger charge is 2.26. The van der Waals surface area contributed by atoms with Gasteiger partial charge in [-0.2, -0.15) is 0 Å². The Morgan fingerprint density at radius 3 is 2.04 bits per heavy atom. The Labute approximate surface area is 133 Å². The topological polar surface area (TPSA) is 185 Å². The van der Waals surface area contributed by atoms with Crippen LogP contribution in [0.5, 0.6) is 0 Å². The van der Waals surface area contributed by atoms with Gasteiger partial charge in [0.2, 0.25) is 11.8 Å². The highest BCUT2D eigenvalue weighted by molar-refractivity contribution is 5.91. The van der Waals surface area contributed by atoms with Crippen LogP contribution in [0.1, 0.15) is 32.1 Å². The van der Waals surface area contributed by atoms with Gasteiger partial charge in [0.05, 0.1) is 6.54 Å². The van der Waals surface area contributed by atoms with Gasteiger partial charge in [0.15, 0.2) is 0 Å². The third-order valence-corrected chi connectivity index (χ3v) is 3.05. The molecule has 23 heavy (non-hydrogen) atoms. The number of carboxylic acids is 2. The smallest absolute Gasteiger partial charge is 0.326 e. The quantitative estimate of drug-likeness (QED) is 0.221. The summed E-state index contributed by atoms with van der Waals surface area (Å²) in [6.45, 7) is 0.0454. The fourth-order valence-electron chi connectivity index (χ4n) is 1.81. The molecule has 0 aliphatic rings. The summed E-state index contributed by atoms with van der Waals surface area (Å²) >= 11 is 0. The largest absolute Gasteiger partial charge is 0.481 e. The van der Waals surface area contributed by atoms with E-state index in [1.807, 2.05) is 0 Å². The Morgan fingerprint density at radius 2 is 1.57 bits per heavy atom. The molecule has 2 unspecified atom stereocenters. The van der Waals surface area contributed by atoms with Crippen LogP contribution in [0.4, 0.5) is 0 Å². The van der Waals surface area contributed by atoms with Crippen molar-refractivity contribution in [2.45, 2.75) is 44.2 Å². The molecule has 0 radical (unpaired) electrons. The number of carbonyl (C=O) groups excluding carboxylic acids is 2. The second-order valence-electron chi connectivity index (χ2n) is 4.94. The first-order valence-electron chi connectivity index (χ1n) is 7.26. The molecule has 0 bridgehead atoms. The zero-order valence-electron chi connectivity index (χ0n) is 12.8. The standard InChI is InChI=1S/C13H24N4O6/c14-6-2-1-3-9(13(22)23)17-12(21)8(4-5-11(19)20)16-10(18)7-15/h8-9H,1-7,14-15H2,(H,16,18)(H,17,21)(H,19,20)(H,22,23). The maximum atomic E-state index is 12.1. The normalized spacial score (nSPS) is 13.0. The fraction of sp³-hybridized carbons (Fsp3) is 0.692. The molecule has 0 aliphatic heterocycles. The lowest BCUT2D eigenvalue weighted by Crippen LogP contribution is -2.52. The van der Waals surface area contributed by atoms with Crippen molar-refractivity contribution >= 4 is 23.8 Å². The van der Waals surface area contributed by atoms with Crippen molar-refractivity contribution in [3.63, 3.8) is 0 Å². The van der Waals surface area contributed by atoms with E-state index in [0.29, 0.717) is 19.4 Å². The van der Waals surface area contributed by atoms with E-state index in [0.717, 1.165) is 0 Å². The zero-order valence-corrected chi connectivity index (χ0v) is 12.8. The van der Waals surface area contributed by atoms with Crippen molar-refractivity contribution in [1.82, 2.24) is 10.6 Å². The van der Waals surface area contributed by atoms with Crippen molar-refractivity contribution in [3.8, 4) is 0 Å². The summed E-state index contributed by atoms with van der Waals surface area (Å²) in [4.78, 5) is 45.2. The van der Waals surface area contributed by atoms with E-state index in [1.54, 1.807) is 0 Å². The molecule has 0 saturated heterocycles. The second-order valence-corrected chi connectivity index (χ2v) is 4.94. The maximum Gasteiger partial charge on any atom is 0.326 e. The lowest BCUT2D eigenvalue weighted by Gasteiger charge is -2.21. The van der Waals surface area contributed by atoms with Gasteiger partial charge >= 0.3 is 11.9 Å². The molecule has 2 amide bonds. The molecule has 0 aromatic rings. The summed E-state index contributed by atoms with van der Waals surface area (Å²) in [6.07, 6.45) is 0.805. The van der Waals surface area contributed by atoms with Gasteiger partial charge in [-0.1, -0.05) is 0 Å². The number of rotatable bonds is 12. The van der Waals surface area contributed by atoms with Gasteiger partial charge < -0.3 is 32.3 Å². The van der Waals surface area contributed by atoms with E-state index in [-0.39, 0.29) is 25.8 Å². The first-order chi connectivity index (χ1) is 10.8. The highest BCUT2D eigenvalue weighted by atomic mass is 16.4. The Bertz CT molecular complexity index is 429. The third-order valence-electron chi connectivity index (χ3n) is 3.05. The van der Waals surface area contributed by atoms with Gasteiger partial charge in [-0.25, -0.2) is 4.79 Å². The molecule has 0 spiro atoms. The number of nitrogens with two attached hydrogens (primary N) is 2. The predicted molar refractivity (Wildman–Crippen MR) is 80.3 cm³/mol. The molecule has 0 aliphatic carbocycles. The molecule has 0 rings (SSSR count). The van der Waals surface area contributed by atoms with Crippen LogP contribution in [0.15, 0.2) is 0 Å². The molecule has 0 aromatic carbocycles. The Morgan fingerprint density at radius 1 is 0.913 bits per heavy atom. The van der Waals surface area contributed by atoms with E-state index in [9.17, 15) is 19.2 Å². The zero-order chi connectivity index (χ0) is 17.8. The number of aliphatic carboxylic acids is 2. The van der Waals surface area contributed by atoms with Crippen molar-refractivity contribution in [1.29, 1.82) is 0 Å². The van der Waals surface area contributed by atoms with Crippen LogP contribution >= 0.6 is 0 Å². The highest BCUT2D eigenvalue weighted by Crippen LogP contribution is 2.04. The summed E-state index contributed by atoms with van der Waals surface area (Å²) in [7, 11) is 0. The molecule has 132 valence electrons. The second kappa shape index (κ2) is 11.4. The minimum absolute atomic E-state index is 0.165. The predicted octanol–water partition coefficient (Wildman–Crippen LogP) is -2.01. The summed E-state index contributed by atoms with van der Waals surface area (Å²) in [5.41, 5.74) is 10.5. The van der Waals surface area contributed by atoms with Crippen LogP contribution in [0.3, 0.4) is 0 Å². The number of carbonyl (C=O) groups is 4. The average molecular weight is 332 g/mol. The molecule has 0 saturated carbocycles. The Balaban J connectivity index is 4.77. The van der Waals surface area contributed by atoms with Gasteiger partial charge in [-0.15, -0.1) is 0 Å². The van der Waals surface area contributed by atoms with Crippen molar-refractivity contribution in [2.75, 3.05) is 13.1 Å². The Hall–Kier alpha value is -2.20. The summed E-state index contributed by atoms with van der Waals surface area (Å²) in [5.74, 6) is -3.74. The van der Waals surface area contributed by atoms with Crippen LogP contribution in [-0.2, 0) is 19.2 Å². The first-order valence-corrected chi connectivity index (χ1v) is 7.26. The number of carboxylic acid groups (broad SMARTS) is 2. The van der Waals surface area contributed by atoms with Gasteiger partial charge in [0.1, 0.15) is 12.1 Å². The minimum Gasteiger partial charge on any atom is -0.481 e. The van der Waals surface area contributed by atoms with E-state index in [1.165, 1.54) is 0 Å². The van der Waals surface area contributed by atoms with Crippen LogP contribution in [0, 0.1) is 0 Å². The van der Waals surface area contributed by atoms with Crippen LogP contribution in [0.2, 0.25) is 0 Å². The van der Waals surface area contributed by atoms with Crippen LogP contribution in [0.25, 0.3) is 0 Å². The first kappa shape index (κ1) is 20.8. The summed E-state index contributed by atoms with van der Waals surface area (Å²) in [6, 6.07) is -2.28. The molecular formula is C13H24N4O6. The molecule has 0 aromatic heterocycles. The number of amides is 2. The number of unbranched alkanes of at least 4 members (excludes halogenated alkanes) is 1. The molecule has 10 nitrogen and oxygen atoms in total. The van der Waals surface area contributed by atoms with Crippen LogP contribution < -0.4 is 22.1 Å². The van der Waals surface area contributed by atoms with E-state index < -0.39 is 35.8 Å². The fourth-order valence-corrected chi connectivity index (χ4v) is 1.81.